The number of anilines is 1. The van der Waals surface area contributed by atoms with Crippen LogP contribution in [0.2, 0.25) is 0 Å². The lowest BCUT2D eigenvalue weighted by Gasteiger charge is -2.18. The summed E-state index contributed by atoms with van der Waals surface area (Å²) in [5.74, 6) is -0.122. The van der Waals surface area contributed by atoms with Gasteiger partial charge in [0.1, 0.15) is 5.82 Å². The zero-order valence-electron chi connectivity index (χ0n) is 18.8. The van der Waals surface area contributed by atoms with Crippen molar-refractivity contribution in [2.45, 2.75) is 30.8 Å². The van der Waals surface area contributed by atoms with Crippen molar-refractivity contribution in [1.29, 1.82) is 0 Å². The van der Waals surface area contributed by atoms with Gasteiger partial charge < -0.3 is 5.32 Å². The first-order valence-corrected chi connectivity index (χ1v) is 13.0. The van der Waals surface area contributed by atoms with Gasteiger partial charge in [-0.25, -0.2) is 13.1 Å². The van der Waals surface area contributed by atoms with E-state index in [2.05, 4.69) is 10.4 Å². The summed E-state index contributed by atoms with van der Waals surface area (Å²) in [5, 5.41) is 7.57. The highest BCUT2D eigenvalue weighted by Gasteiger charge is 2.33. The van der Waals surface area contributed by atoms with Crippen LogP contribution in [0, 0.1) is 6.92 Å². The molecular formula is C27H25N3O3S. The summed E-state index contributed by atoms with van der Waals surface area (Å²) in [7, 11) is -3.26. The van der Waals surface area contributed by atoms with Gasteiger partial charge in [0.2, 0.25) is 5.91 Å². The number of benzene rings is 3. The van der Waals surface area contributed by atoms with E-state index < -0.39 is 9.84 Å². The van der Waals surface area contributed by atoms with Gasteiger partial charge in [-0.05, 0) is 30.2 Å². The summed E-state index contributed by atoms with van der Waals surface area (Å²) < 4.78 is 26.2. The Morgan fingerprint density at radius 2 is 1.50 bits per heavy atom. The normalized spacial score (nSPS) is 14.2. The van der Waals surface area contributed by atoms with Crippen LogP contribution in [0.5, 0.6) is 0 Å². The molecular weight excluding hydrogens is 446 g/mol. The van der Waals surface area contributed by atoms with Crippen LogP contribution in [0.15, 0.2) is 84.9 Å². The number of fused-ring (bicyclic) bond motifs is 1. The van der Waals surface area contributed by atoms with Gasteiger partial charge in [-0.15, -0.1) is 0 Å². The van der Waals surface area contributed by atoms with Gasteiger partial charge in [0.15, 0.2) is 9.84 Å². The number of rotatable bonds is 6. The van der Waals surface area contributed by atoms with E-state index in [1.807, 2.05) is 91.9 Å². The quantitative estimate of drug-likeness (QED) is 0.439. The third-order valence-corrected chi connectivity index (χ3v) is 7.56. The molecule has 1 aliphatic rings. The van der Waals surface area contributed by atoms with Crippen LogP contribution in [0.4, 0.5) is 5.82 Å². The van der Waals surface area contributed by atoms with E-state index in [0.29, 0.717) is 17.1 Å². The van der Waals surface area contributed by atoms with Gasteiger partial charge in [-0.2, -0.15) is 5.10 Å². The molecule has 1 amide bonds. The number of aromatic nitrogens is 2. The molecule has 0 fully saturated rings. The van der Waals surface area contributed by atoms with Crippen LogP contribution in [-0.2, 0) is 26.1 Å². The minimum atomic E-state index is -3.26. The van der Waals surface area contributed by atoms with Crippen molar-refractivity contribution in [2.75, 3.05) is 5.32 Å². The number of hydrogen-bond acceptors (Lipinski definition) is 4. The van der Waals surface area contributed by atoms with Crippen molar-refractivity contribution in [3.05, 3.63) is 113 Å². The van der Waals surface area contributed by atoms with Crippen molar-refractivity contribution in [2.24, 2.45) is 0 Å². The van der Waals surface area contributed by atoms with Crippen molar-refractivity contribution in [3.8, 4) is 5.69 Å². The lowest BCUT2D eigenvalue weighted by molar-refractivity contribution is -0.116. The molecule has 0 spiro atoms. The third-order valence-electron chi connectivity index (χ3n) is 6.12. The highest BCUT2D eigenvalue weighted by molar-refractivity contribution is 7.90. The van der Waals surface area contributed by atoms with Crippen LogP contribution in [0.3, 0.4) is 0 Å². The Balaban J connectivity index is 1.49. The molecule has 7 heteroatoms. The van der Waals surface area contributed by atoms with E-state index >= 15 is 0 Å². The first-order valence-electron chi connectivity index (χ1n) is 11.2. The molecule has 172 valence electrons. The molecule has 34 heavy (non-hydrogen) atoms. The predicted molar refractivity (Wildman–Crippen MR) is 133 cm³/mol. The SMILES string of the molecule is Cc1ccc(-n2nc3c(c2NC(=O)CC(c2ccccc2)c2ccccc2)CS(=O)(=O)C3)cc1. The summed E-state index contributed by atoms with van der Waals surface area (Å²) in [6.07, 6.45) is 0.217. The molecule has 0 radical (unpaired) electrons. The zero-order valence-corrected chi connectivity index (χ0v) is 19.6. The van der Waals surface area contributed by atoms with Gasteiger partial charge in [-0.1, -0.05) is 78.4 Å². The number of carbonyl (C=O) groups is 1. The van der Waals surface area contributed by atoms with E-state index in [1.54, 1.807) is 4.68 Å². The Labute approximate surface area is 199 Å². The summed E-state index contributed by atoms with van der Waals surface area (Å²) in [5.41, 5.74) is 5.04. The van der Waals surface area contributed by atoms with Gasteiger partial charge in [-0.3, -0.25) is 4.79 Å². The fourth-order valence-corrected chi connectivity index (χ4v) is 5.90. The molecule has 4 aromatic rings. The molecule has 0 unspecified atom stereocenters. The van der Waals surface area contributed by atoms with Crippen LogP contribution in [0.1, 0.15) is 40.3 Å². The number of nitrogens with one attached hydrogen (secondary N) is 1. The summed E-state index contributed by atoms with van der Waals surface area (Å²) >= 11 is 0. The van der Waals surface area contributed by atoms with Crippen LogP contribution in [0.25, 0.3) is 5.69 Å². The van der Waals surface area contributed by atoms with E-state index in [4.69, 9.17) is 0 Å². The smallest absolute Gasteiger partial charge is 0.226 e. The number of hydrogen-bond donors (Lipinski definition) is 1. The van der Waals surface area contributed by atoms with Gasteiger partial charge >= 0.3 is 0 Å². The minimum absolute atomic E-state index is 0.110. The fraction of sp³-hybridized carbons (Fsp3) is 0.185. The lowest BCUT2D eigenvalue weighted by atomic mass is 9.88. The summed E-state index contributed by atoms with van der Waals surface area (Å²) in [4.78, 5) is 13.4. The number of nitrogens with zero attached hydrogens (tertiary/aromatic N) is 2. The van der Waals surface area contributed by atoms with Gasteiger partial charge in [0.05, 0.1) is 22.9 Å². The van der Waals surface area contributed by atoms with Crippen molar-refractivity contribution >= 4 is 21.6 Å². The molecule has 5 rings (SSSR count). The van der Waals surface area contributed by atoms with Crippen LogP contribution >= 0.6 is 0 Å². The minimum Gasteiger partial charge on any atom is -0.310 e. The molecule has 3 aromatic carbocycles. The average Bonchev–Trinajstić information content (AvgIpc) is 3.31. The Morgan fingerprint density at radius 3 is 2.09 bits per heavy atom. The topological polar surface area (TPSA) is 81.1 Å². The number of sulfone groups is 1. The maximum atomic E-state index is 13.4. The van der Waals surface area contributed by atoms with Gasteiger partial charge in [0, 0.05) is 17.9 Å². The average molecular weight is 472 g/mol. The van der Waals surface area contributed by atoms with E-state index in [0.717, 1.165) is 22.4 Å². The second-order valence-corrected chi connectivity index (χ2v) is 10.7. The highest BCUT2D eigenvalue weighted by Crippen LogP contribution is 2.34. The molecule has 0 bridgehead atoms. The molecule has 0 saturated heterocycles. The monoisotopic (exact) mass is 471 g/mol. The van der Waals surface area contributed by atoms with E-state index in [9.17, 15) is 13.2 Å². The number of amides is 1. The Hall–Kier alpha value is -3.71. The first-order chi connectivity index (χ1) is 16.4. The Bertz CT molecular complexity index is 1390. The van der Waals surface area contributed by atoms with Crippen molar-refractivity contribution < 1.29 is 13.2 Å². The van der Waals surface area contributed by atoms with Crippen molar-refractivity contribution in [3.63, 3.8) is 0 Å². The fourth-order valence-electron chi connectivity index (χ4n) is 4.41. The maximum absolute atomic E-state index is 13.4. The molecule has 0 saturated carbocycles. The largest absolute Gasteiger partial charge is 0.310 e. The molecule has 0 atom stereocenters. The Morgan fingerprint density at radius 1 is 0.912 bits per heavy atom. The number of aryl methyl sites for hydroxylation is 1. The zero-order chi connectivity index (χ0) is 23.7. The molecule has 1 aliphatic heterocycles. The standard InChI is InChI=1S/C27H25N3O3S/c1-19-12-14-22(15-13-19)30-27(24-17-34(32,33)18-25(24)29-30)28-26(31)16-23(20-8-4-2-5-9-20)21-10-6-3-7-11-21/h2-15,23H,16-18H2,1H3,(H,28,31). The molecule has 0 aliphatic carbocycles. The number of carbonyl (C=O) groups excluding carboxylic acids is 1. The van der Waals surface area contributed by atoms with E-state index in [-0.39, 0.29) is 29.8 Å². The van der Waals surface area contributed by atoms with Crippen LogP contribution in [-0.4, -0.2) is 24.1 Å². The predicted octanol–water partition coefficient (Wildman–Crippen LogP) is 4.77. The molecule has 1 aromatic heterocycles. The highest BCUT2D eigenvalue weighted by atomic mass is 32.2. The molecule has 2 heterocycles. The third kappa shape index (κ3) is 4.52. The van der Waals surface area contributed by atoms with Crippen molar-refractivity contribution in [1.82, 2.24) is 9.78 Å². The van der Waals surface area contributed by atoms with Crippen LogP contribution < -0.4 is 5.32 Å². The molecule has 1 N–H and O–H groups in total. The van der Waals surface area contributed by atoms with E-state index in [1.165, 1.54) is 0 Å². The maximum Gasteiger partial charge on any atom is 0.226 e. The lowest BCUT2D eigenvalue weighted by Crippen LogP contribution is -2.19. The molecule has 6 nitrogen and oxygen atoms in total. The summed E-state index contributed by atoms with van der Waals surface area (Å²) in [6, 6.07) is 27.6. The summed E-state index contributed by atoms with van der Waals surface area (Å²) in [6.45, 7) is 2.00. The first kappa shape index (κ1) is 22.1. The second kappa shape index (κ2) is 8.91. The van der Waals surface area contributed by atoms with Gasteiger partial charge in [0.25, 0.3) is 0 Å². The Kier molecular flexibility index (Phi) is 5.79. The second-order valence-electron chi connectivity index (χ2n) is 8.68.